The summed E-state index contributed by atoms with van der Waals surface area (Å²) in [6, 6.07) is 14.1. The molecule has 1 saturated heterocycles. The van der Waals surface area contributed by atoms with Gasteiger partial charge < -0.3 is 15.1 Å². The van der Waals surface area contributed by atoms with Gasteiger partial charge in [-0.15, -0.1) is 0 Å². The SMILES string of the molecule is CC(NC(=O)c1cccc([N+](=O)[O-])c1)C(=O)N1CCCN(c2ccc(C#N)cc2)CC1. The van der Waals surface area contributed by atoms with E-state index in [0.717, 1.165) is 18.7 Å². The number of anilines is 1. The first kappa shape index (κ1) is 21.8. The second-order valence-corrected chi connectivity index (χ2v) is 7.33. The molecule has 31 heavy (non-hydrogen) atoms. The maximum absolute atomic E-state index is 12.9. The molecule has 1 aliphatic heterocycles. The number of nitrogens with zero attached hydrogens (tertiary/aromatic N) is 4. The second-order valence-electron chi connectivity index (χ2n) is 7.33. The fourth-order valence-corrected chi connectivity index (χ4v) is 3.52. The number of rotatable bonds is 5. The number of hydrogen-bond donors (Lipinski definition) is 1. The monoisotopic (exact) mass is 421 g/mol. The van der Waals surface area contributed by atoms with Crippen LogP contribution in [0.4, 0.5) is 11.4 Å². The van der Waals surface area contributed by atoms with Crippen molar-refractivity contribution in [3.63, 3.8) is 0 Å². The Bertz CT molecular complexity index is 1020. The van der Waals surface area contributed by atoms with E-state index in [4.69, 9.17) is 5.26 Å². The molecule has 0 radical (unpaired) electrons. The van der Waals surface area contributed by atoms with Crippen LogP contribution in [0.25, 0.3) is 0 Å². The largest absolute Gasteiger partial charge is 0.370 e. The van der Waals surface area contributed by atoms with Gasteiger partial charge in [0, 0.05) is 49.6 Å². The number of amides is 2. The van der Waals surface area contributed by atoms with Crippen molar-refractivity contribution in [1.82, 2.24) is 10.2 Å². The van der Waals surface area contributed by atoms with E-state index >= 15 is 0 Å². The Labute approximate surface area is 180 Å². The van der Waals surface area contributed by atoms with Crippen LogP contribution in [-0.4, -0.2) is 53.9 Å². The first-order valence-corrected chi connectivity index (χ1v) is 9.98. The Morgan fingerprint density at radius 3 is 2.55 bits per heavy atom. The fourth-order valence-electron chi connectivity index (χ4n) is 3.52. The highest BCUT2D eigenvalue weighted by atomic mass is 16.6. The van der Waals surface area contributed by atoms with Crippen molar-refractivity contribution in [3.05, 3.63) is 69.8 Å². The zero-order valence-corrected chi connectivity index (χ0v) is 17.2. The van der Waals surface area contributed by atoms with Gasteiger partial charge in [0.2, 0.25) is 5.91 Å². The lowest BCUT2D eigenvalue weighted by molar-refractivity contribution is -0.384. The minimum atomic E-state index is -0.756. The summed E-state index contributed by atoms with van der Waals surface area (Å²) in [5, 5.41) is 22.5. The summed E-state index contributed by atoms with van der Waals surface area (Å²) in [5.74, 6) is -0.723. The summed E-state index contributed by atoms with van der Waals surface area (Å²) in [6.07, 6.45) is 0.775. The van der Waals surface area contributed by atoms with Gasteiger partial charge in [0.1, 0.15) is 6.04 Å². The third-order valence-electron chi connectivity index (χ3n) is 5.21. The molecule has 0 spiro atoms. The third kappa shape index (κ3) is 5.36. The molecule has 3 rings (SSSR count). The Balaban J connectivity index is 1.59. The number of carbonyl (C=O) groups excluding carboxylic acids is 2. The van der Waals surface area contributed by atoms with Crippen molar-refractivity contribution in [2.75, 3.05) is 31.1 Å². The van der Waals surface area contributed by atoms with Gasteiger partial charge in [-0.05, 0) is 43.7 Å². The Morgan fingerprint density at radius 1 is 1.13 bits per heavy atom. The summed E-state index contributed by atoms with van der Waals surface area (Å²) in [6.45, 7) is 4.12. The number of carbonyl (C=O) groups is 2. The van der Waals surface area contributed by atoms with Gasteiger partial charge in [0.25, 0.3) is 11.6 Å². The second kappa shape index (κ2) is 9.71. The fraction of sp³-hybridized carbons (Fsp3) is 0.318. The number of nitro groups is 1. The normalized spacial score (nSPS) is 14.8. The summed E-state index contributed by atoms with van der Waals surface area (Å²) in [4.78, 5) is 39.5. The van der Waals surface area contributed by atoms with Crippen molar-refractivity contribution in [1.29, 1.82) is 5.26 Å². The molecule has 1 heterocycles. The van der Waals surface area contributed by atoms with Crippen LogP contribution in [-0.2, 0) is 4.79 Å². The minimum absolute atomic E-state index is 0.136. The molecule has 1 aliphatic rings. The molecule has 0 bridgehead atoms. The lowest BCUT2D eigenvalue weighted by Gasteiger charge is -2.26. The lowest BCUT2D eigenvalue weighted by Crippen LogP contribution is -2.48. The minimum Gasteiger partial charge on any atom is -0.370 e. The summed E-state index contributed by atoms with van der Waals surface area (Å²) in [7, 11) is 0. The summed E-state index contributed by atoms with van der Waals surface area (Å²) >= 11 is 0. The first-order valence-electron chi connectivity index (χ1n) is 9.98. The predicted octanol–water partition coefficient (Wildman–Crippen LogP) is 2.32. The average molecular weight is 421 g/mol. The van der Waals surface area contributed by atoms with Crippen LogP contribution in [0.15, 0.2) is 48.5 Å². The molecule has 2 aromatic carbocycles. The van der Waals surface area contributed by atoms with Gasteiger partial charge in [-0.25, -0.2) is 0 Å². The smallest absolute Gasteiger partial charge is 0.270 e. The van der Waals surface area contributed by atoms with Crippen LogP contribution in [0.3, 0.4) is 0 Å². The Hall–Kier alpha value is -3.93. The molecule has 2 aromatic rings. The van der Waals surface area contributed by atoms with Crippen LogP contribution in [0.1, 0.15) is 29.3 Å². The zero-order valence-electron chi connectivity index (χ0n) is 17.2. The highest BCUT2D eigenvalue weighted by Gasteiger charge is 2.25. The van der Waals surface area contributed by atoms with Gasteiger partial charge >= 0.3 is 0 Å². The van der Waals surface area contributed by atoms with E-state index in [-0.39, 0.29) is 17.2 Å². The van der Waals surface area contributed by atoms with E-state index in [1.54, 1.807) is 24.0 Å². The molecule has 160 valence electrons. The molecule has 1 N–H and O–H groups in total. The van der Waals surface area contributed by atoms with E-state index < -0.39 is 16.9 Å². The highest BCUT2D eigenvalue weighted by Crippen LogP contribution is 2.18. The van der Waals surface area contributed by atoms with Crippen molar-refractivity contribution >= 4 is 23.2 Å². The van der Waals surface area contributed by atoms with Gasteiger partial charge in [0.05, 0.1) is 16.6 Å². The van der Waals surface area contributed by atoms with Crippen LogP contribution < -0.4 is 10.2 Å². The van der Waals surface area contributed by atoms with Crippen LogP contribution >= 0.6 is 0 Å². The summed E-state index contributed by atoms with van der Waals surface area (Å²) < 4.78 is 0. The van der Waals surface area contributed by atoms with Crippen LogP contribution in [0.5, 0.6) is 0 Å². The predicted molar refractivity (Wildman–Crippen MR) is 115 cm³/mol. The summed E-state index contributed by atoms with van der Waals surface area (Å²) in [5.41, 5.74) is 1.56. The molecule has 1 fully saturated rings. The zero-order chi connectivity index (χ0) is 22.4. The number of non-ortho nitro benzene ring substituents is 1. The molecule has 0 saturated carbocycles. The number of benzene rings is 2. The van der Waals surface area contributed by atoms with E-state index in [1.807, 2.05) is 12.1 Å². The average Bonchev–Trinajstić information content (AvgIpc) is 3.05. The van der Waals surface area contributed by atoms with Gasteiger partial charge in [-0.2, -0.15) is 5.26 Å². The molecule has 0 aliphatic carbocycles. The van der Waals surface area contributed by atoms with E-state index in [0.29, 0.717) is 25.2 Å². The number of hydrogen-bond acceptors (Lipinski definition) is 6. The number of nitriles is 1. The molecule has 2 amide bonds. The lowest BCUT2D eigenvalue weighted by atomic mass is 10.1. The van der Waals surface area contributed by atoms with Gasteiger partial charge in [-0.1, -0.05) is 6.07 Å². The molecule has 9 heteroatoms. The molecule has 1 atom stereocenters. The molecule has 9 nitrogen and oxygen atoms in total. The molecular formula is C22H23N5O4. The quantitative estimate of drug-likeness (QED) is 0.584. The maximum atomic E-state index is 12.9. The van der Waals surface area contributed by atoms with E-state index in [2.05, 4.69) is 16.3 Å². The number of nitro benzene ring substituents is 1. The van der Waals surface area contributed by atoms with E-state index in [1.165, 1.54) is 24.3 Å². The van der Waals surface area contributed by atoms with Crippen molar-refractivity contribution in [3.8, 4) is 6.07 Å². The highest BCUT2D eigenvalue weighted by molar-refractivity contribution is 5.97. The maximum Gasteiger partial charge on any atom is 0.270 e. The standard InChI is InChI=1S/C22H23N5O4/c1-16(24-21(28)18-4-2-5-20(14-18)27(30)31)22(29)26-11-3-10-25(12-13-26)19-8-6-17(15-23)7-9-19/h2,4-9,14,16H,3,10-13H2,1H3,(H,24,28). The number of nitrogens with one attached hydrogen (secondary N) is 1. The molecule has 1 unspecified atom stereocenters. The van der Waals surface area contributed by atoms with Gasteiger partial charge in [0.15, 0.2) is 0 Å². The topological polar surface area (TPSA) is 120 Å². The van der Waals surface area contributed by atoms with Crippen LogP contribution in [0.2, 0.25) is 0 Å². The Kier molecular flexibility index (Phi) is 6.82. The van der Waals surface area contributed by atoms with Crippen molar-refractivity contribution in [2.45, 2.75) is 19.4 Å². The Morgan fingerprint density at radius 2 is 1.87 bits per heavy atom. The third-order valence-corrected chi connectivity index (χ3v) is 5.21. The van der Waals surface area contributed by atoms with Gasteiger partial charge in [-0.3, -0.25) is 19.7 Å². The van der Waals surface area contributed by atoms with Crippen LogP contribution in [0, 0.1) is 21.4 Å². The van der Waals surface area contributed by atoms with E-state index in [9.17, 15) is 19.7 Å². The molecular weight excluding hydrogens is 398 g/mol. The van der Waals surface area contributed by atoms with Crippen molar-refractivity contribution < 1.29 is 14.5 Å². The first-order chi connectivity index (χ1) is 14.9. The molecule has 0 aromatic heterocycles. The van der Waals surface area contributed by atoms with Crippen molar-refractivity contribution in [2.24, 2.45) is 0 Å².